The molecule has 0 amide bonds. The van der Waals surface area contributed by atoms with Crippen molar-refractivity contribution >= 4 is 33.1 Å². The number of hydrogen-bond acceptors (Lipinski definition) is 3. The van der Waals surface area contributed by atoms with Gasteiger partial charge in [0.2, 0.25) is 5.96 Å². The summed E-state index contributed by atoms with van der Waals surface area (Å²) in [4.78, 5) is 4.54. The van der Waals surface area contributed by atoms with Gasteiger partial charge in [-0.15, -0.1) is 0 Å². The number of para-hydroxylation sites is 3. The summed E-state index contributed by atoms with van der Waals surface area (Å²) < 4.78 is 32.1. The van der Waals surface area contributed by atoms with Gasteiger partial charge in [0.25, 0.3) is 10.1 Å². The number of nitrogens with zero attached hydrogens (tertiary/aromatic N) is 1. The second-order valence-corrected chi connectivity index (χ2v) is 11.1. The number of rotatable bonds is 6. The number of aliphatic imine (C=N–C) groups is 1. The van der Waals surface area contributed by atoms with E-state index in [1.807, 2.05) is 152 Å². The summed E-state index contributed by atoms with van der Waals surface area (Å²) in [5, 5.41) is 6.63. The van der Waals surface area contributed by atoms with Gasteiger partial charge in [0.1, 0.15) is 0 Å². The van der Waals surface area contributed by atoms with Gasteiger partial charge in [0, 0.05) is 11.4 Å². The van der Waals surface area contributed by atoms with E-state index in [1.54, 1.807) is 6.07 Å². The van der Waals surface area contributed by atoms with E-state index in [1.165, 1.54) is 12.1 Å². The predicted molar refractivity (Wildman–Crippen MR) is 181 cm³/mol. The minimum Gasteiger partial charge on any atom is -0.326 e. The summed E-state index contributed by atoms with van der Waals surface area (Å²) in [5.41, 5.74) is 6.43. The van der Waals surface area contributed by atoms with Crippen LogP contribution in [0.4, 0.5) is 17.1 Å². The van der Waals surface area contributed by atoms with Crippen LogP contribution in [0.25, 0.3) is 22.3 Å². The first-order valence-electron chi connectivity index (χ1n) is 14.0. The van der Waals surface area contributed by atoms with Crippen LogP contribution in [0, 0.1) is 0 Å². The van der Waals surface area contributed by atoms with E-state index in [2.05, 4.69) is 15.6 Å². The van der Waals surface area contributed by atoms with Gasteiger partial charge in [-0.1, -0.05) is 121 Å². The molecule has 6 rings (SSSR count). The molecule has 0 unspecified atom stereocenters. The van der Waals surface area contributed by atoms with Crippen LogP contribution in [-0.4, -0.2) is 18.9 Å². The molecule has 0 aliphatic rings. The van der Waals surface area contributed by atoms with Gasteiger partial charge in [0.05, 0.1) is 10.6 Å². The van der Waals surface area contributed by atoms with E-state index in [9.17, 15) is 13.0 Å². The van der Waals surface area contributed by atoms with Crippen molar-refractivity contribution in [2.24, 2.45) is 4.99 Å². The summed E-state index contributed by atoms with van der Waals surface area (Å²) >= 11 is 0. The number of benzene rings is 6. The van der Waals surface area contributed by atoms with Gasteiger partial charge < -0.3 is 10.6 Å². The van der Waals surface area contributed by atoms with E-state index >= 15 is 0 Å². The molecule has 44 heavy (non-hydrogen) atoms. The fraction of sp³-hybridized carbons (Fsp3) is 0. The molecule has 218 valence electrons. The third-order valence-electron chi connectivity index (χ3n) is 6.53. The Morgan fingerprint density at radius 3 is 1.36 bits per heavy atom. The zero-order chi connectivity index (χ0) is 30.6. The van der Waals surface area contributed by atoms with E-state index in [0.29, 0.717) is 5.96 Å². The first-order chi connectivity index (χ1) is 21.5. The Labute approximate surface area is 258 Å². The van der Waals surface area contributed by atoms with Crippen LogP contribution in [0.1, 0.15) is 0 Å². The quantitative estimate of drug-likeness (QED) is 0.101. The lowest BCUT2D eigenvalue weighted by molar-refractivity contribution is 0.483. The summed E-state index contributed by atoms with van der Waals surface area (Å²) in [7, 11) is -4.23. The van der Waals surface area contributed by atoms with Crippen molar-refractivity contribution < 1.29 is 13.0 Å². The minimum atomic E-state index is -4.23. The second-order valence-electron chi connectivity index (χ2n) is 9.69. The highest BCUT2D eigenvalue weighted by atomic mass is 32.2. The minimum absolute atomic E-state index is 0.106. The smallest absolute Gasteiger partial charge is 0.294 e. The predicted octanol–water partition coefficient (Wildman–Crippen LogP) is 9.17. The Hall–Kier alpha value is -5.50. The van der Waals surface area contributed by atoms with Gasteiger partial charge in [-0.2, -0.15) is 8.42 Å². The van der Waals surface area contributed by atoms with Gasteiger partial charge in [-0.25, -0.2) is 4.99 Å². The van der Waals surface area contributed by atoms with Crippen LogP contribution in [0.2, 0.25) is 0 Å². The van der Waals surface area contributed by atoms with Crippen LogP contribution in [0.3, 0.4) is 0 Å². The number of anilines is 2. The number of guanidine groups is 1. The Bertz CT molecular complexity index is 1860. The molecule has 0 spiro atoms. The van der Waals surface area contributed by atoms with Gasteiger partial charge in [-0.3, -0.25) is 4.55 Å². The molecule has 0 heterocycles. The zero-order valence-corrected chi connectivity index (χ0v) is 24.6. The average Bonchev–Trinajstić information content (AvgIpc) is 3.07. The maximum atomic E-state index is 11.4. The fourth-order valence-electron chi connectivity index (χ4n) is 4.44. The van der Waals surface area contributed by atoms with Crippen molar-refractivity contribution in [1.29, 1.82) is 0 Å². The molecule has 0 saturated heterocycles. The number of hydrogen-bond donors (Lipinski definition) is 3. The maximum Gasteiger partial charge on any atom is 0.294 e. The SMILES string of the molecule is O=S(=O)(O)c1ccc(-c2ccccc2)c(-c2ccccc2)c1.c1ccc(N=C(Nc2ccccc2)Nc2ccccc2)cc1. The van der Waals surface area contributed by atoms with Gasteiger partial charge >= 0.3 is 0 Å². The molecule has 0 atom stereocenters. The van der Waals surface area contributed by atoms with Crippen molar-refractivity contribution in [3.63, 3.8) is 0 Å². The highest BCUT2D eigenvalue weighted by molar-refractivity contribution is 7.85. The molecule has 3 N–H and O–H groups in total. The average molecular weight is 598 g/mol. The Morgan fingerprint density at radius 2 is 0.909 bits per heavy atom. The monoisotopic (exact) mass is 597 g/mol. The molecular formula is C37H31N3O3S. The molecule has 6 aromatic carbocycles. The lowest BCUT2D eigenvalue weighted by atomic mass is 9.95. The lowest BCUT2D eigenvalue weighted by Gasteiger charge is -2.12. The Kier molecular flexibility index (Phi) is 9.94. The van der Waals surface area contributed by atoms with Gasteiger partial charge in [0.15, 0.2) is 0 Å². The molecule has 0 fully saturated rings. The van der Waals surface area contributed by atoms with Crippen LogP contribution in [-0.2, 0) is 10.1 Å². The normalized spacial score (nSPS) is 10.6. The molecule has 0 aliphatic carbocycles. The third-order valence-corrected chi connectivity index (χ3v) is 7.38. The molecular weight excluding hydrogens is 566 g/mol. The molecule has 0 bridgehead atoms. The zero-order valence-electron chi connectivity index (χ0n) is 23.8. The highest BCUT2D eigenvalue weighted by Crippen LogP contribution is 2.33. The third kappa shape index (κ3) is 8.51. The maximum absolute atomic E-state index is 11.4. The van der Waals surface area contributed by atoms with E-state index in [-0.39, 0.29) is 4.90 Å². The number of nitrogens with one attached hydrogen (secondary N) is 2. The molecule has 7 heteroatoms. The molecule has 0 saturated carbocycles. The standard InChI is InChI=1S/C19H17N3.C18H14O3S/c1-4-10-16(11-5-1)20-19(21-17-12-6-2-7-13-17)22-18-14-8-3-9-15-18;19-22(20,21)16-11-12-17(14-7-3-1-4-8-14)18(13-16)15-9-5-2-6-10-15/h1-15H,(H2,20,21,22);1-13H,(H,19,20,21). The lowest BCUT2D eigenvalue weighted by Crippen LogP contribution is -2.21. The largest absolute Gasteiger partial charge is 0.326 e. The van der Waals surface area contributed by atoms with E-state index in [4.69, 9.17) is 0 Å². The molecule has 6 nitrogen and oxygen atoms in total. The molecule has 6 aromatic rings. The first kappa shape index (κ1) is 30.0. The first-order valence-corrected chi connectivity index (χ1v) is 15.4. The van der Waals surface area contributed by atoms with E-state index in [0.717, 1.165) is 39.3 Å². The molecule has 0 aromatic heterocycles. The van der Waals surface area contributed by atoms with Crippen molar-refractivity contribution in [2.75, 3.05) is 10.6 Å². The van der Waals surface area contributed by atoms with Crippen LogP contribution < -0.4 is 10.6 Å². The van der Waals surface area contributed by atoms with Crippen molar-refractivity contribution in [3.05, 3.63) is 170 Å². The summed E-state index contributed by atoms with van der Waals surface area (Å²) in [6, 6.07) is 53.7. The van der Waals surface area contributed by atoms with Crippen molar-refractivity contribution in [2.45, 2.75) is 4.90 Å². The molecule has 0 aliphatic heterocycles. The summed E-state index contributed by atoms with van der Waals surface area (Å²) in [6.07, 6.45) is 0. The van der Waals surface area contributed by atoms with Crippen molar-refractivity contribution in [3.8, 4) is 22.3 Å². The molecule has 0 radical (unpaired) electrons. The fourth-order valence-corrected chi connectivity index (χ4v) is 4.95. The van der Waals surface area contributed by atoms with Gasteiger partial charge in [-0.05, 0) is 70.8 Å². The van der Waals surface area contributed by atoms with Crippen LogP contribution >= 0.6 is 0 Å². The van der Waals surface area contributed by atoms with Crippen LogP contribution in [0.15, 0.2) is 180 Å². The Balaban J connectivity index is 0.000000175. The van der Waals surface area contributed by atoms with Crippen LogP contribution in [0.5, 0.6) is 0 Å². The van der Waals surface area contributed by atoms with E-state index < -0.39 is 10.1 Å². The summed E-state index contributed by atoms with van der Waals surface area (Å²) in [6.45, 7) is 0. The topological polar surface area (TPSA) is 90.8 Å². The second kappa shape index (κ2) is 14.6. The summed E-state index contributed by atoms with van der Waals surface area (Å²) in [5.74, 6) is 0.684. The van der Waals surface area contributed by atoms with Crippen molar-refractivity contribution in [1.82, 2.24) is 0 Å². The highest BCUT2D eigenvalue weighted by Gasteiger charge is 2.14. The Morgan fingerprint density at radius 1 is 0.500 bits per heavy atom.